The summed E-state index contributed by atoms with van der Waals surface area (Å²) in [5.41, 5.74) is 0. The molecule has 1 aromatic rings. The van der Waals surface area contributed by atoms with Gasteiger partial charge in [0.25, 0.3) is 0 Å². The highest BCUT2D eigenvalue weighted by molar-refractivity contribution is 9.13. The quantitative estimate of drug-likeness (QED) is 0.765. The molecule has 2 rings (SSSR count). The molecule has 7 heteroatoms. The van der Waals surface area contributed by atoms with E-state index in [1.54, 1.807) is 6.07 Å². The topological polar surface area (TPSA) is 25.2 Å². The second kappa shape index (κ2) is 6.18. The monoisotopic (exact) mass is 403 g/mol. The summed E-state index contributed by atoms with van der Waals surface area (Å²) < 4.78 is 45.4. The Hall–Kier alpha value is -0.0100. The lowest BCUT2D eigenvalue weighted by Crippen LogP contribution is -2.45. The van der Waals surface area contributed by atoms with E-state index < -0.39 is 18.1 Å². The average molecular weight is 405 g/mol. The third-order valence-corrected chi connectivity index (χ3v) is 5.13. The Balaban J connectivity index is 1.96. The van der Waals surface area contributed by atoms with Gasteiger partial charge in [-0.05, 0) is 50.8 Å². The van der Waals surface area contributed by atoms with Crippen molar-refractivity contribution in [3.05, 3.63) is 21.0 Å². The summed E-state index contributed by atoms with van der Waals surface area (Å²) >= 11 is 6.48. The Morgan fingerprint density at radius 3 is 2.53 bits per heavy atom. The van der Waals surface area contributed by atoms with E-state index in [1.165, 1.54) is 0 Å². The predicted octanol–water partition coefficient (Wildman–Crippen LogP) is 5.02. The van der Waals surface area contributed by atoms with Gasteiger partial charge in [-0.3, -0.25) is 0 Å². The maximum absolute atomic E-state index is 12.9. The second-order valence-corrected chi connectivity index (χ2v) is 6.33. The van der Waals surface area contributed by atoms with E-state index in [9.17, 15) is 13.2 Å². The normalized spacial score (nSPS) is 24.7. The Kier molecular flexibility index (Phi) is 5.00. The molecule has 1 heterocycles. The van der Waals surface area contributed by atoms with Gasteiger partial charge in [0.05, 0.1) is 16.9 Å². The van der Waals surface area contributed by atoms with Crippen LogP contribution in [0.1, 0.15) is 31.4 Å². The second-order valence-electron chi connectivity index (χ2n) is 4.75. The summed E-state index contributed by atoms with van der Waals surface area (Å²) in [6.07, 6.45) is -1.85. The van der Waals surface area contributed by atoms with Crippen molar-refractivity contribution < 1.29 is 17.6 Å². The van der Waals surface area contributed by atoms with Crippen LogP contribution in [0.3, 0.4) is 0 Å². The van der Waals surface area contributed by atoms with Gasteiger partial charge in [0, 0.05) is 6.04 Å². The maximum Gasteiger partial charge on any atom is 0.393 e. The molecule has 2 atom stereocenters. The zero-order valence-corrected chi connectivity index (χ0v) is 13.2. The summed E-state index contributed by atoms with van der Waals surface area (Å²) in [5.74, 6) is -0.631. The van der Waals surface area contributed by atoms with Crippen molar-refractivity contribution in [1.82, 2.24) is 5.32 Å². The molecule has 19 heavy (non-hydrogen) atoms. The lowest BCUT2D eigenvalue weighted by atomic mass is 9.84. The minimum Gasteiger partial charge on any atom is -0.452 e. The Morgan fingerprint density at radius 2 is 1.95 bits per heavy atom. The lowest BCUT2D eigenvalue weighted by Gasteiger charge is -2.33. The molecule has 1 fully saturated rings. The smallest absolute Gasteiger partial charge is 0.393 e. The summed E-state index contributed by atoms with van der Waals surface area (Å²) in [7, 11) is 0. The molecule has 0 aromatic carbocycles. The van der Waals surface area contributed by atoms with Crippen LogP contribution in [0.15, 0.2) is 19.6 Å². The molecule has 0 spiro atoms. The van der Waals surface area contributed by atoms with Gasteiger partial charge in [-0.1, -0.05) is 12.8 Å². The van der Waals surface area contributed by atoms with Gasteiger partial charge in [-0.25, -0.2) is 0 Å². The van der Waals surface area contributed by atoms with Crippen molar-refractivity contribution in [2.45, 2.75) is 44.4 Å². The molecule has 2 unspecified atom stereocenters. The molecule has 2 nitrogen and oxygen atoms in total. The molecule has 108 valence electrons. The van der Waals surface area contributed by atoms with Crippen molar-refractivity contribution in [3.63, 3.8) is 0 Å². The van der Waals surface area contributed by atoms with Crippen LogP contribution in [-0.2, 0) is 6.54 Å². The third kappa shape index (κ3) is 3.98. The first-order valence-electron chi connectivity index (χ1n) is 6.11. The predicted molar refractivity (Wildman–Crippen MR) is 72.7 cm³/mol. The highest BCUT2D eigenvalue weighted by Crippen LogP contribution is 2.38. The van der Waals surface area contributed by atoms with Gasteiger partial charge in [0.1, 0.15) is 5.76 Å². The van der Waals surface area contributed by atoms with Gasteiger partial charge in [-0.15, -0.1) is 0 Å². The molecular formula is C12H14Br2F3NO. The van der Waals surface area contributed by atoms with E-state index in [0.717, 1.165) is 10.9 Å². The fourth-order valence-electron chi connectivity index (χ4n) is 2.48. The molecule has 0 bridgehead atoms. The minimum absolute atomic E-state index is 0.215. The van der Waals surface area contributed by atoms with E-state index in [4.69, 9.17) is 4.42 Å². The van der Waals surface area contributed by atoms with E-state index >= 15 is 0 Å². The first kappa shape index (κ1) is 15.4. The number of halogens is 5. The van der Waals surface area contributed by atoms with Crippen LogP contribution in [0, 0.1) is 5.92 Å². The van der Waals surface area contributed by atoms with Crippen LogP contribution in [0.2, 0.25) is 0 Å². The summed E-state index contributed by atoms with van der Waals surface area (Å²) in [6.45, 7) is 0.307. The van der Waals surface area contributed by atoms with Crippen LogP contribution in [0.4, 0.5) is 13.2 Å². The van der Waals surface area contributed by atoms with Crippen molar-refractivity contribution >= 4 is 31.9 Å². The molecule has 1 N–H and O–H groups in total. The van der Waals surface area contributed by atoms with E-state index in [-0.39, 0.29) is 6.42 Å². The molecule has 0 amide bonds. The van der Waals surface area contributed by atoms with E-state index in [2.05, 4.69) is 37.2 Å². The third-order valence-electron chi connectivity index (χ3n) is 3.42. The number of nitrogens with one attached hydrogen (secondary N) is 1. The van der Waals surface area contributed by atoms with Crippen molar-refractivity contribution in [1.29, 1.82) is 0 Å². The fraction of sp³-hybridized carbons (Fsp3) is 0.667. The lowest BCUT2D eigenvalue weighted by molar-refractivity contribution is -0.189. The number of rotatable bonds is 3. The summed E-state index contributed by atoms with van der Waals surface area (Å²) in [4.78, 5) is 0. The average Bonchev–Trinajstić information content (AvgIpc) is 2.65. The van der Waals surface area contributed by atoms with Gasteiger partial charge >= 0.3 is 6.18 Å². The van der Waals surface area contributed by atoms with E-state index in [0.29, 0.717) is 29.8 Å². The molecule has 0 radical (unpaired) electrons. The zero-order valence-electron chi connectivity index (χ0n) is 10.1. The van der Waals surface area contributed by atoms with Crippen molar-refractivity contribution in [2.75, 3.05) is 0 Å². The Morgan fingerprint density at radius 1 is 1.26 bits per heavy atom. The fourth-order valence-corrected chi connectivity index (χ4v) is 3.14. The van der Waals surface area contributed by atoms with Gasteiger partial charge in [-0.2, -0.15) is 13.2 Å². The van der Waals surface area contributed by atoms with Crippen LogP contribution >= 0.6 is 31.9 Å². The maximum atomic E-state index is 12.9. The Bertz CT molecular complexity index is 414. The van der Waals surface area contributed by atoms with Crippen molar-refractivity contribution in [2.24, 2.45) is 5.92 Å². The largest absolute Gasteiger partial charge is 0.452 e. The molecule has 0 saturated heterocycles. The number of alkyl halides is 3. The molecular weight excluding hydrogens is 391 g/mol. The molecule has 1 aliphatic carbocycles. The summed E-state index contributed by atoms with van der Waals surface area (Å²) in [5, 5.41) is 2.98. The molecule has 1 aromatic heterocycles. The number of hydrogen-bond acceptors (Lipinski definition) is 2. The zero-order chi connectivity index (χ0) is 14.0. The van der Waals surface area contributed by atoms with E-state index in [1.807, 2.05) is 0 Å². The minimum atomic E-state index is -4.12. The van der Waals surface area contributed by atoms with Crippen LogP contribution in [0.5, 0.6) is 0 Å². The van der Waals surface area contributed by atoms with Gasteiger partial charge in [0.2, 0.25) is 0 Å². The molecule has 1 aliphatic rings. The first-order valence-corrected chi connectivity index (χ1v) is 7.70. The summed E-state index contributed by atoms with van der Waals surface area (Å²) in [6, 6.07) is 1.24. The highest BCUT2D eigenvalue weighted by Gasteiger charge is 2.45. The highest BCUT2D eigenvalue weighted by atomic mass is 79.9. The van der Waals surface area contributed by atoms with Crippen LogP contribution in [0.25, 0.3) is 0 Å². The number of furan rings is 1. The number of hydrogen-bond donors (Lipinski definition) is 1. The van der Waals surface area contributed by atoms with Gasteiger partial charge in [0.15, 0.2) is 4.67 Å². The standard InChI is InChI=1S/C12H14Br2F3NO/c13-9-5-7(19-11(9)14)6-18-10-4-2-1-3-8(10)12(15,16)17/h5,8,10,18H,1-4,6H2. The molecule has 0 aliphatic heterocycles. The Labute approximate surface area is 126 Å². The van der Waals surface area contributed by atoms with Crippen LogP contribution in [-0.4, -0.2) is 12.2 Å². The van der Waals surface area contributed by atoms with Gasteiger partial charge < -0.3 is 9.73 Å². The SMILES string of the molecule is FC(F)(F)C1CCCCC1NCc1cc(Br)c(Br)o1. The first-order chi connectivity index (χ1) is 8.88. The molecule has 1 saturated carbocycles. The van der Waals surface area contributed by atoms with Crippen molar-refractivity contribution in [3.8, 4) is 0 Å². The van der Waals surface area contributed by atoms with Crippen LogP contribution < -0.4 is 5.32 Å².